The predicted octanol–water partition coefficient (Wildman–Crippen LogP) is 1.32. The van der Waals surface area contributed by atoms with E-state index in [2.05, 4.69) is 22.3 Å². The van der Waals surface area contributed by atoms with Crippen LogP contribution in [0.5, 0.6) is 0 Å². The van der Waals surface area contributed by atoms with Crippen LogP contribution in [0.25, 0.3) is 0 Å². The number of aromatic nitrogens is 2. The van der Waals surface area contributed by atoms with Crippen molar-refractivity contribution in [1.82, 2.24) is 15.1 Å². The van der Waals surface area contributed by atoms with E-state index in [4.69, 9.17) is 5.11 Å². The molecule has 5 nitrogen and oxygen atoms in total. The van der Waals surface area contributed by atoms with E-state index in [0.29, 0.717) is 12.1 Å². The number of aryl methyl sites for hydroxylation is 2. The summed E-state index contributed by atoms with van der Waals surface area (Å²) in [5, 5.41) is 17.7. The molecule has 0 fully saturated rings. The number of amides is 1. The number of aliphatic hydroxyl groups is 1. The van der Waals surface area contributed by atoms with Crippen LogP contribution in [-0.4, -0.2) is 27.4 Å². The molecule has 110 valence electrons. The van der Waals surface area contributed by atoms with Crippen LogP contribution in [-0.2, 0) is 20.0 Å². The van der Waals surface area contributed by atoms with Crippen molar-refractivity contribution in [3.8, 4) is 11.8 Å². The fourth-order valence-corrected chi connectivity index (χ4v) is 2.68. The van der Waals surface area contributed by atoms with Gasteiger partial charge < -0.3 is 10.4 Å². The van der Waals surface area contributed by atoms with Gasteiger partial charge in [-0.3, -0.25) is 9.48 Å². The van der Waals surface area contributed by atoms with E-state index in [1.165, 1.54) is 11.3 Å². The molecule has 21 heavy (non-hydrogen) atoms. The summed E-state index contributed by atoms with van der Waals surface area (Å²) in [6.45, 7) is 2.29. The van der Waals surface area contributed by atoms with Crippen LogP contribution in [0.4, 0.5) is 0 Å². The molecule has 0 saturated heterocycles. The summed E-state index contributed by atoms with van der Waals surface area (Å²) in [7, 11) is 1.81. The maximum atomic E-state index is 12.2. The van der Waals surface area contributed by atoms with Gasteiger partial charge in [0.2, 0.25) is 0 Å². The van der Waals surface area contributed by atoms with Crippen molar-refractivity contribution in [1.29, 1.82) is 0 Å². The van der Waals surface area contributed by atoms with Gasteiger partial charge in [0.05, 0.1) is 17.8 Å². The number of nitrogens with zero attached hydrogens (tertiary/aromatic N) is 2. The molecule has 2 N–H and O–H groups in total. The first-order valence-electron chi connectivity index (χ1n) is 6.62. The Kier molecular flexibility index (Phi) is 5.14. The normalized spacial score (nSPS) is 10.0. The van der Waals surface area contributed by atoms with Gasteiger partial charge in [0.1, 0.15) is 6.61 Å². The van der Waals surface area contributed by atoms with Gasteiger partial charge in [-0.25, -0.2) is 0 Å². The first kappa shape index (κ1) is 15.3. The second kappa shape index (κ2) is 7.07. The number of rotatable bonds is 4. The average Bonchev–Trinajstić information content (AvgIpc) is 3.08. The van der Waals surface area contributed by atoms with Crippen LogP contribution >= 0.6 is 11.3 Å². The summed E-state index contributed by atoms with van der Waals surface area (Å²) >= 11 is 1.53. The van der Waals surface area contributed by atoms with Gasteiger partial charge in [-0.15, -0.1) is 11.3 Å². The summed E-state index contributed by atoms with van der Waals surface area (Å²) in [6.07, 6.45) is 2.46. The Morgan fingerprint density at radius 2 is 2.38 bits per heavy atom. The van der Waals surface area contributed by atoms with Gasteiger partial charge in [0, 0.05) is 29.1 Å². The van der Waals surface area contributed by atoms with Gasteiger partial charge in [-0.1, -0.05) is 18.8 Å². The van der Waals surface area contributed by atoms with Crippen molar-refractivity contribution in [3.05, 3.63) is 39.3 Å². The Morgan fingerprint density at radius 1 is 1.57 bits per heavy atom. The predicted molar refractivity (Wildman–Crippen MR) is 82.0 cm³/mol. The molecule has 0 aromatic carbocycles. The highest BCUT2D eigenvalue weighted by Gasteiger charge is 2.14. The Morgan fingerprint density at radius 3 is 3.10 bits per heavy atom. The van der Waals surface area contributed by atoms with Crippen molar-refractivity contribution in [2.24, 2.45) is 7.05 Å². The SMILES string of the molecule is CCc1nn(C)cc1C(=O)NCc1cc(C#CCO)cs1. The molecular weight excluding hydrogens is 286 g/mol. The summed E-state index contributed by atoms with van der Waals surface area (Å²) in [6, 6.07) is 1.91. The van der Waals surface area contributed by atoms with Crippen molar-refractivity contribution in [3.63, 3.8) is 0 Å². The Hall–Kier alpha value is -2.10. The molecule has 2 heterocycles. The monoisotopic (exact) mass is 303 g/mol. The minimum Gasteiger partial charge on any atom is -0.384 e. The van der Waals surface area contributed by atoms with E-state index in [-0.39, 0.29) is 12.5 Å². The lowest BCUT2D eigenvalue weighted by Crippen LogP contribution is -2.23. The standard InChI is InChI=1S/C15H17N3O2S/c1-3-14-13(9-18(2)17-14)15(20)16-8-12-7-11(10-21-12)5-4-6-19/h7,9-10,19H,3,6,8H2,1-2H3,(H,16,20). The van der Waals surface area contributed by atoms with Crippen LogP contribution in [0, 0.1) is 11.8 Å². The van der Waals surface area contributed by atoms with Crippen LogP contribution in [0.3, 0.4) is 0 Å². The van der Waals surface area contributed by atoms with E-state index in [0.717, 1.165) is 22.6 Å². The molecular formula is C15H17N3O2S. The van der Waals surface area contributed by atoms with Crippen LogP contribution in [0.2, 0.25) is 0 Å². The van der Waals surface area contributed by atoms with E-state index in [1.54, 1.807) is 17.9 Å². The van der Waals surface area contributed by atoms with Gasteiger partial charge in [0.15, 0.2) is 0 Å². The van der Waals surface area contributed by atoms with Gasteiger partial charge in [0.25, 0.3) is 5.91 Å². The zero-order valence-electron chi connectivity index (χ0n) is 12.0. The Labute approximate surface area is 127 Å². The first-order chi connectivity index (χ1) is 10.1. The van der Waals surface area contributed by atoms with E-state index in [9.17, 15) is 4.79 Å². The van der Waals surface area contributed by atoms with Gasteiger partial charge >= 0.3 is 0 Å². The number of carbonyl (C=O) groups excluding carboxylic acids is 1. The summed E-state index contributed by atoms with van der Waals surface area (Å²) in [5.41, 5.74) is 2.28. The molecule has 6 heteroatoms. The smallest absolute Gasteiger partial charge is 0.255 e. The highest BCUT2D eigenvalue weighted by atomic mass is 32.1. The largest absolute Gasteiger partial charge is 0.384 e. The topological polar surface area (TPSA) is 67.2 Å². The third kappa shape index (κ3) is 3.94. The molecule has 2 rings (SSSR count). The number of aliphatic hydroxyl groups excluding tert-OH is 1. The maximum absolute atomic E-state index is 12.2. The zero-order valence-corrected chi connectivity index (χ0v) is 12.8. The number of carbonyl (C=O) groups is 1. The van der Waals surface area contributed by atoms with Crippen molar-refractivity contribution < 1.29 is 9.90 Å². The highest BCUT2D eigenvalue weighted by Crippen LogP contribution is 2.14. The minimum absolute atomic E-state index is 0.114. The molecule has 2 aromatic rings. The van der Waals surface area contributed by atoms with Crippen LogP contribution in [0.1, 0.15) is 33.4 Å². The van der Waals surface area contributed by atoms with Crippen molar-refractivity contribution in [2.75, 3.05) is 6.61 Å². The lowest BCUT2D eigenvalue weighted by molar-refractivity contribution is 0.0950. The van der Waals surface area contributed by atoms with Crippen LogP contribution < -0.4 is 5.32 Å². The summed E-state index contributed by atoms with van der Waals surface area (Å²) < 4.78 is 1.65. The van der Waals surface area contributed by atoms with Crippen molar-refractivity contribution >= 4 is 17.2 Å². The fourth-order valence-electron chi connectivity index (χ4n) is 1.93. The Balaban J connectivity index is 1.99. The van der Waals surface area contributed by atoms with Crippen molar-refractivity contribution in [2.45, 2.75) is 19.9 Å². The second-order valence-electron chi connectivity index (χ2n) is 4.46. The number of hydrogen-bond donors (Lipinski definition) is 2. The van der Waals surface area contributed by atoms with Gasteiger partial charge in [-0.2, -0.15) is 5.10 Å². The Bertz CT molecular complexity index is 691. The molecule has 0 aliphatic carbocycles. The number of hydrogen-bond acceptors (Lipinski definition) is 4. The lowest BCUT2D eigenvalue weighted by Gasteiger charge is -2.02. The van der Waals surface area contributed by atoms with Crippen LogP contribution in [0.15, 0.2) is 17.6 Å². The molecule has 0 radical (unpaired) electrons. The zero-order chi connectivity index (χ0) is 15.2. The maximum Gasteiger partial charge on any atom is 0.255 e. The average molecular weight is 303 g/mol. The third-order valence-corrected chi connectivity index (χ3v) is 3.81. The highest BCUT2D eigenvalue weighted by molar-refractivity contribution is 7.10. The molecule has 0 bridgehead atoms. The minimum atomic E-state index is -0.150. The van der Waals surface area contributed by atoms with E-state index < -0.39 is 0 Å². The second-order valence-corrected chi connectivity index (χ2v) is 5.46. The third-order valence-electron chi connectivity index (χ3n) is 2.87. The molecule has 0 atom stereocenters. The molecule has 0 aliphatic heterocycles. The summed E-state index contributed by atoms with van der Waals surface area (Å²) in [4.78, 5) is 13.2. The molecule has 0 unspecified atom stereocenters. The van der Waals surface area contributed by atoms with E-state index in [1.807, 2.05) is 18.4 Å². The molecule has 0 aliphatic rings. The number of thiophene rings is 1. The molecule has 0 spiro atoms. The molecule has 0 saturated carbocycles. The van der Waals surface area contributed by atoms with Gasteiger partial charge in [-0.05, 0) is 12.5 Å². The molecule has 1 amide bonds. The number of nitrogens with one attached hydrogen (secondary N) is 1. The first-order valence-corrected chi connectivity index (χ1v) is 7.49. The molecule has 2 aromatic heterocycles. The summed E-state index contributed by atoms with van der Waals surface area (Å²) in [5.74, 6) is 5.33. The quantitative estimate of drug-likeness (QED) is 0.837. The lowest BCUT2D eigenvalue weighted by atomic mass is 10.2. The fraction of sp³-hybridized carbons (Fsp3) is 0.333. The van der Waals surface area contributed by atoms with E-state index >= 15 is 0 Å².